The molecule has 0 saturated carbocycles. The SMILES string of the molecule is Cc1cc(-c2ccc3nc(Nc4cc(CN5CCNCC5)ccn4)[nH]c3c2)nc(C)n1. The molecule has 1 aliphatic rings. The summed E-state index contributed by atoms with van der Waals surface area (Å²) in [5.41, 5.74) is 6.00. The molecule has 5 rings (SSSR count). The zero-order chi connectivity index (χ0) is 21.2. The van der Waals surface area contributed by atoms with Gasteiger partial charge in [-0.25, -0.2) is 19.9 Å². The maximum Gasteiger partial charge on any atom is 0.206 e. The topological polar surface area (TPSA) is 94.7 Å². The summed E-state index contributed by atoms with van der Waals surface area (Å²) in [6, 6.07) is 12.3. The van der Waals surface area contributed by atoms with Crippen molar-refractivity contribution in [3.8, 4) is 11.3 Å². The van der Waals surface area contributed by atoms with Gasteiger partial charge in [0, 0.05) is 50.2 Å². The van der Waals surface area contributed by atoms with Gasteiger partial charge in [-0.3, -0.25) is 4.90 Å². The second-order valence-corrected chi connectivity index (χ2v) is 7.96. The number of aryl methyl sites for hydroxylation is 2. The fraction of sp³-hybridized carbons (Fsp3) is 0.304. The van der Waals surface area contributed by atoms with Crippen molar-refractivity contribution in [3.63, 3.8) is 0 Å². The molecule has 31 heavy (non-hydrogen) atoms. The highest BCUT2D eigenvalue weighted by Gasteiger charge is 2.11. The Morgan fingerprint density at radius 3 is 2.71 bits per heavy atom. The van der Waals surface area contributed by atoms with Crippen molar-refractivity contribution in [3.05, 3.63) is 59.7 Å². The lowest BCUT2D eigenvalue weighted by Gasteiger charge is -2.27. The van der Waals surface area contributed by atoms with Crippen LogP contribution in [0.15, 0.2) is 42.6 Å². The molecule has 8 nitrogen and oxygen atoms in total. The second kappa shape index (κ2) is 8.41. The standard InChI is InChI=1S/C23H26N8/c1-15-11-20(27-16(2)26-15)18-3-4-19-21(13-18)29-23(28-19)30-22-12-17(5-6-25-22)14-31-9-7-24-8-10-31/h3-6,11-13,24H,7-10,14H2,1-2H3,(H2,25,28,29,30). The monoisotopic (exact) mass is 414 g/mol. The lowest BCUT2D eigenvalue weighted by Crippen LogP contribution is -2.42. The molecule has 3 N–H and O–H groups in total. The lowest BCUT2D eigenvalue weighted by molar-refractivity contribution is 0.233. The molecule has 0 unspecified atom stereocenters. The van der Waals surface area contributed by atoms with Gasteiger partial charge in [0.2, 0.25) is 5.95 Å². The predicted octanol–water partition coefficient (Wildman–Crippen LogP) is 3.18. The van der Waals surface area contributed by atoms with E-state index in [-0.39, 0.29) is 0 Å². The molecule has 0 radical (unpaired) electrons. The van der Waals surface area contributed by atoms with Crippen LogP contribution in [0.5, 0.6) is 0 Å². The number of aromatic nitrogens is 5. The van der Waals surface area contributed by atoms with E-state index in [1.54, 1.807) is 0 Å². The van der Waals surface area contributed by atoms with Crippen LogP contribution in [0, 0.1) is 13.8 Å². The van der Waals surface area contributed by atoms with Gasteiger partial charge in [-0.05, 0) is 49.7 Å². The first kappa shape index (κ1) is 19.6. The van der Waals surface area contributed by atoms with E-state index in [4.69, 9.17) is 0 Å². The van der Waals surface area contributed by atoms with E-state index in [2.05, 4.69) is 58.7 Å². The third kappa shape index (κ3) is 4.55. The Kier molecular flexibility index (Phi) is 5.31. The minimum Gasteiger partial charge on any atom is -0.324 e. The first-order valence-corrected chi connectivity index (χ1v) is 10.6. The molecular weight excluding hydrogens is 388 g/mol. The van der Waals surface area contributed by atoms with Crippen molar-refractivity contribution < 1.29 is 0 Å². The highest BCUT2D eigenvalue weighted by molar-refractivity contribution is 5.83. The van der Waals surface area contributed by atoms with Gasteiger partial charge in [-0.1, -0.05) is 6.07 Å². The van der Waals surface area contributed by atoms with Crippen LogP contribution in [0.1, 0.15) is 17.1 Å². The number of hydrogen-bond acceptors (Lipinski definition) is 7. The molecule has 0 amide bonds. The summed E-state index contributed by atoms with van der Waals surface area (Å²) in [6.07, 6.45) is 1.85. The Labute approximate surface area is 181 Å². The van der Waals surface area contributed by atoms with Gasteiger partial charge >= 0.3 is 0 Å². The van der Waals surface area contributed by atoms with Gasteiger partial charge in [0.05, 0.1) is 16.7 Å². The van der Waals surface area contributed by atoms with E-state index in [1.807, 2.05) is 38.2 Å². The third-order valence-electron chi connectivity index (χ3n) is 5.43. The van der Waals surface area contributed by atoms with Gasteiger partial charge in [0.15, 0.2) is 0 Å². The highest BCUT2D eigenvalue weighted by Crippen LogP contribution is 2.24. The summed E-state index contributed by atoms with van der Waals surface area (Å²) in [5, 5.41) is 6.71. The highest BCUT2D eigenvalue weighted by atomic mass is 15.2. The Morgan fingerprint density at radius 1 is 1.00 bits per heavy atom. The number of nitrogens with zero attached hydrogens (tertiary/aromatic N) is 5. The zero-order valence-electron chi connectivity index (χ0n) is 17.8. The number of pyridine rings is 1. The molecule has 3 aromatic heterocycles. The van der Waals surface area contributed by atoms with Crippen LogP contribution in [-0.4, -0.2) is 56.0 Å². The summed E-state index contributed by atoms with van der Waals surface area (Å²) in [4.78, 5) is 23.9. The summed E-state index contributed by atoms with van der Waals surface area (Å²) in [6.45, 7) is 9.07. The Bertz CT molecular complexity index is 1190. The van der Waals surface area contributed by atoms with Crippen LogP contribution in [0.3, 0.4) is 0 Å². The molecule has 1 aromatic carbocycles. The number of piperazine rings is 1. The molecule has 8 heteroatoms. The summed E-state index contributed by atoms with van der Waals surface area (Å²) in [5.74, 6) is 2.23. The van der Waals surface area contributed by atoms with Crippen LogP contribution in [0.2, 0.25) is 0 Å². The first-order valence-electron chi connectivity index (χ1n) is 10.6. The zero-order valence-corrected chi connectivity index (χ0v) is 17.8. The van der Waals surface area contributed by atoms with E-state index in [1.165, 1.54) is 5.56 Å². The number of imidazole rings is 1. The Morgan fingerprint density at radius 2 is 1.87 bits per heavy atom. The van der Waals surface area contributed by atoms with Crippen molar-refractivity contribution in [1.82, 2.24) is 35.1 Å². The molecule has 0 atom stereocenters. The quantitative estimate of drug-likeness (QED) is 0.462. The van der Waals surface area contributed by atoms with Crippen LogP contribution >= 0.6 is 0 Å². The summed E-state index contributed by atoms with van der Waals surface area (Å²) < 4.78 is 0. The number of fused-ring (bicyclic) bond motifs is 1. The minimum atomic E-state index is 0.675. The summed E-state index contributed by atoms with van der Waals surface area (Å²) >= 11 is 0. The maximum absolute atomic E-state index is 4.67. The molecule has 158 valence electrons. The van der Waals surface area contributed by atoms with Crippen molar-refractivity contribution in [2.24, 2.45) is 0 Å². The van der Waals surface area contributed by atoms with Gasteiger partial charge in [0.25, 0.3) is 0 Å². The maximum atomic E-state index is 4.67. The Hall–Kier alpha value is -3.36. The van der Waals surface area contributed by atoms with Gasteiger partial charge < -0.3 is 15.6 Å². The number of nitrogens with one attached hydrogen (secondary N) is 3. The van der Waals surface area contributed by atoms with Gasteiger partial charge in [-0.15, -0.1) is 0 Å². The molecule has 0 aliphatic carbocycles. The minimum absolute atomic E-state index is 0.675. The largest absolute Gasteiger partial charge is 0.324 e. The van der Waals surface area contributed by atoms with Gasteiger partial charge in [0.1, 0.15) is 11.6 Å². The van der Waals surface area contributed by atoms with Crippen LogP contribution in [0.25, 0.3) is 22.3 Å². The fourth-order valence-corrected chi connectivity index (χ4v) is 3.98. The number of hydrogen-bond donors (Lipinski definition) is 3. The molecule has 1 fully saturated rings. The van der Waals surface area contributed by atoms with E-state index >= 15 is 0 Å². The molecule has 1 saturated heterocycles. The molecule has 0 bridgehead atoms. The predicted molar refractivity (Wildman–Crippen MR) is 122 cm³/mol. The number of aromatic amines is 1. The molecule has 1 aliphatic heterocycles. The van der Waals surface area contributed by atoms with Gasteiger partial charge in [-0.2, -0.15) is 0 Å². The van der Waals surface area contributed by atoms with Crippen molar-refractivity contribution in [2.45, 2.75) is 20.4 Å². The summed E-state index contributed by atoms with van der Waals surface area (Å²) in [7, 11) is 0. The van der Waals surface area contributed by atoms with E-state index in [0.29, 0.717) is 5.95 Å². The first-order chi connectivity index (χ1) is 15.1. The number of anilines is 2. The molecule has 0 spiro atoms. The smallest absolute Gasteiger partial charge is 0.206 e. The van der Waals surface area contributed by atoms with Crippen LogP contribution in [0.4, 0.5) is 11.8 Å². The third-order valence-corrected chi connectivity index (χ3v) is 5.43. The van der Waals surface area contributed by atoms with Crippen LogP contribution in [-0.2, 0) is 6.54 Å². The lowest BCUT2D eigenvalue weighted by atomic mass is 10.1. The average molecular weight is 415 g/mol. The number of rotatable bonds is 5. The van der Waals surface area contributed by atoms with Crippen molar-refractivity contribution in [1.29, 1.82) is 0 Å². The normalized spacial score (nSPS) is 14.8. The molecule has 4 heterocycles. The average Bonchev–Trinajstić information content (AvgIpc) is 3.15. The Balaban J connectivity index is 1.35. The van der Waals surface area contributed by atoms with E-state index in [9.17, 15) is 0 Å². The molecule has 4 aromatic rings. The number of H-pyrrole nitrogens is 1. The van der Waals surface area contributed by atoms with Crippen LogP contribution < -0.4 is 10.6 Å². The molecular formula is C23H26N8. The van der Waals surface area contributed by atoms with E-state index in [0.717, 1.165) is 72.4 Å². The fourth-order valence-electron chi connectivity index (χ4n) is 3.98. The van der Waals surface area contributed by atoms with E-state index < -0.39 is 0 Å². The van der Waals surface area contributed by atoms with Crippen molar-refractivity contribution >= 4 is 22.8 Å². The number of benzene rings is 1. The second-order valence-electron chi connectivity index (χ2n) is 7.96. The van der Waals surface area contributed by atoms with Crippen molar-refractivity contribution in [2.75, 3.05) is 31.5 Å².